The number of amides is 1. The Morgan fingerprint density at radius 3 is 2.83 bits per heavy atom. The Kier molecular flexibility index (Phi) is 3.42. The second kappa shape index (κ2) is 5.01. The lowest BCUT2D eigenvalue weighted by molar-refractivity contribution is -0.123. The van der Waals surface area contributed by atoms with Crippen molar-refractivity contribution >= 4 is 5.91 Å². The minimum atomic E-state index is -0.715. The molecule has 0 aliphatic heterocycles. The van der Waals surface area contributed by atoms with E-state index in [4.69, 9.17) is 5.73 Å². The molecule has 0 saturated heterocycles. The van der Waals surface area contributed by atoms with Gasteiger partial charge in [-0.2, -0.15) is 10.2 Å². The van der Waals surface area contributed by atoms with Gasteiger partial charge in [-0.25, -0.2) is 0 Å². The summed E-state index contributed by atoms with van der Waals surface area (Å²) >= 11 is 0. The van der Waals surface area contributed by atoms with Crippen LogP contribution in [-0.4, -0.2) is 25.9 Å². The van der Waals surface area contributed by atoms with Gasteiger partial charge in [-0.05, 0) is 6.92 Å². The van der Waals surface area contributed by atoms with Gasteiger partial charge in [-0.1, -0.05) is 0 Å². The summed E-state index contributed by atoms with van der Waals surface area (Å²) in [5, 5.41) is 13.4. The van der Waals surface area contributed by atoms with Crippen LogP contribution in [0.5, 0.6) is 0 Å². The third-order valence-electron chi connectivity index (χ3n) is 2.74. The molecule has 0 aliphatic carbocycles. The summed E-state index contributed by atoms with van der Waals surface area (Å²) in [6.07, 6.45) is 6.72. The van der Waals surface area contributed by atoms with Gasteiger partial charge in [-0.15, -0.1) is 0 Å². The molecule has 2 aromatic heterocycles. The molecule has 96 valence electrons. The predicted molar refractivity (Wildman–Crippen MR) is 65.3 cm³/mol. The third kappa shape index (κ3) is 2.57. The molecule has 0 aromatic carbocycles. The number of H-pyrrole nitrogens is 1. The van der Waals surface area contributed by atoms with E-state index in [2.05, 4.69) is 20.6 Å². The highest BCUT2D eigenvalue weighted by atomic mass is 16.2. The summed E-state index contributed by atoms with van der Waals surface area (Å²) in [5.74, 6) is -0.239. The van der Waals surface area contributed by atoms with E-state index in [0.29, 0.717) is 5.56 Å². The quantitative estimate of drug-likeness (QED) is 0.710. The predicted octanol–water partition coefficient (Wildman–Crippen LogP) is 0.0204. The van der Waals surface area contributed by atoms with Crippen molar-refractivity contribution in [3.63, 3.8) is 0 Å². The summed E-state index contributed by atoms with van der Waals surface area (Å²) < 4.78 is 1.61. The Hall–Kier alpha value is -2.15. The molecule has 2 rings (SSSR count). The molecule has 18 heavy (non-hydrogen) atoms. The molecule has 2 heterocycles. The monoisotopic (exact) mass is 248 g/mol. The third-order valence-corrected chi connectivity index (χ3v) is 2.74. The number of carbonyl (C=O) groups excluding carboxylic acids is 1. The first-order chi connectivity index (χ1) is 8.58. The van der Waals surface area contributed by atoms with Crippen molar-refractivity contribution in [3.05, 3.63) is 35.9 Å². The van der Waals surface area contributed by atoms with E-state index in [1.165, 1.54) is 0 Å². The van der Waals surface area contributed by atoms with Gasteiger partial charge in [-0.3, -0.25) is 14.6 Å². The van der Waals surface area contributed by atoms with Gasteiger partial charge in [0, 0.05) is 30.6 Å². The van der Waals surface area contributed by atoms with Crippen LogP contribution in [-0.2, 0) is 11.8 Å². The number of aryl methyl sites for hydroxylation is 1. The average Bonchev–Trinajstić information content (AvgIpc) is 2.98. The van der Waals surface area contributed by atoms with Crippen LogP contribution in [0.1, 0.15) is 30.1 Å². The molecular weight excluding hydrogens is 232 g/mol. The van der Waals surface area contributed by atoms with Crippen LogP contribution in [0.2, 0.25) is 0 Å². The molecule has 0 aliphatic rings. The van der Waals surface area contributed by atoms with E-state index in [1.807, 2.05) is 6.92 Å². The molecular formula is C11H16N6O. The topological polar surface area (TPSA) is 102 Å². The molecule has 0 fully saturated rings. The second-order valence-electron chi connectivity index (χ2n) is 4.19. The van der Waals surface area contributed by atoms with Crippen molar-refractivity contribution in [3.8, 4) is 0 Å². The highest BCUT2D eigenvalue weighted by molar-refractivity contribution is 5.83. The van der Waals surface area contributed by atoms with Crippen molar-refractivity contribution in [1.29, 1.82) is 0 Å². The van der Waals surface area contributed by atoms with Crippen LogP contribution < -0.4 is 11.1 Å². The molecule has 2 unspecified atom stereocenters. The number of nitrogens with zero attached hydrogens (tertiary/aromatic N) is 3. The number of aromatic nitrogens is 4. The standard InChI is InChI=1S/C11H16N6O/c1-7(8-3-13-14-4-8)16-11(18)10(12)9-5-15-17(2)6-9/h3-7,10H,12H2,1-2H3,(H,13,14)(H,16,18). The van der Waals surface area contributed by atoms with Crippen LogP contribution in [0.3, 0.4) is 0 Å². The lowest BCUT2D eigenvalue weighted by atomic mass is 10.1. The van der Waals surface area contributed by atoms with E-state index in [1.54, 1.807) is 36.5 Å². The number of nitrogens with one attached hydrogen (secondary N) is 2. The van der Waals surface area contributed by atoms with Gasteiger partial charge in [0.05, 0.1) is 18.4 Å². The van der Waals surface area contributed by atoms with Crippen molar-refractivity contribution < 1.29 is 4.79 Å². The zero-order valence-electron chi connectivity index (χ0n) is 10.3. The Balaban J connectivity index is 1.99. The number of carbonyl (C=O) groups is 1. The van der Waals surface area contributed by atoms with E-state index in [0.717, 1.165) is 5.56 Å². The van der Waals surface area contributed by atoms with Crippen LogP contribution in [0.25, 0.3) is 0 Å². The van der Waals surface area contributed by atoms with E-state index in [-0.39, 0.29) is 11.9 Å². The smallest absolute Gasteiger partial charge is 0.242 e. The molecule has 7 heteroatoms. The first kappa shape index (κ1) is 12.3. The first-order valence-electron chi connectivity index (χ1n) is 5.61. The molecule has 2 aromatic rings. The summed E-state index contributed by atoms with van der Waals surface area (Å²) in [6, 6.07) is -0.855. The largest absolute Gasteiger partial charge is 0.348 e. The Morgan fingerprint density at radius 1 is 1.50 bits per heavy atom. The fraction of sp³-hybridized carbons (Fsp3) is 0.364. The molecule has 7 nitrogen and oxygen atoms in total. The Bertz CT molecular complexity index is 517. The van der Waals surface area contributed by atoms with Gasteiger partial charge in [0.1, 0.15) is 6.04 Å². The maximum atomic E-state index is 12.0. The lowest BCUT2D eigenvalue weighted by Crippen LogP contribution is -2.35. The van der Waals surface area contributed by atoms with Gasteiger partial charge >= 0.3 is 0 Å². The zero-order valence-corrected chi connectivity index (χ0v) is 10.3. The molecule has 4 N–H and O–H groups in total. The van der Waals surface area contributed by atoms with Crippen LogP contribution in [0, 0.1) is 0 Å². The van der Waals surface area contributed by atoms with E-state index >= 15 is 0 Å². The Morgan fingerprint density at radius 2 is 2.28 bits per heavy atom. The van der Waals surface area contributed by atoms with Gasteiger partial charge in [0.15, 0.2) is 0 Å². The fourth-order valence-electron chi connectivity index (χ4n) is 1.64. The maximum absolute atomic E-state index is 12.0. The number of hydrogen-bond acceptors (Lipinski definition) is 4. The zero-order chi connectivity index (χ0) is 13.1. The normalized spacial score (nSPS) is 14.2. The summed E-state index contributed by atoms with van der Waals surface area (Å²) in [5.41, 5.74) is 7.46. The number of hydrogen-bond donors (Lipinski definition) is 3. The second-order valence-corrected chi connectivity index (χ2v) is 4.19. The summed E-state index contributed by atoms with van der Waals surface area (Å²) in [4.78, 5) is 12.0. The highest BCUT2D eigenvalue weighted by Gasteiger charge is 2.19. The lowest BCUT2D eigenvalue weighted by Gasteiger charge is -2.15. The van der Waals surface area contributed by atoms with Crippen LogP contribution in [0.4, 0.5) is 0 Å². The minimum Gasteiger partial charge on any atom is -0.348 e. The molecule has 1 amide bonds. The molecule has 0 saturated carbocycles. The molecule has 0 spiro atoms. The molecule has 0 bridgehead atoms. The van der Waals surface area contributed by atoms with E-state index in [9.17, 15) is 4.79 Å². The summed E-state index contributed by atoms with van der Waals surface area (Å²) in [7, 11) is 1.78. The van der Waals surface area contributed by atoms with Gasteiger partial charge in [0.2, 0.25) is 5.91 Å². The van der Waals surface area contributed by atoms with Crippen molar-refractivity contribution in [2.45, 2.75) is 19.0 Å². The number of aromatic amines is 1. The fourth-order valence-corrected chi connectivity index (χ4v) is 1.64. The average molecular weight is 248 g/mol. The van der Waals surface area contributed by atoms with Crippen molar-refractivity contribution in [2.24, 2.45) is 12.8 Å². The van der Waals surface area contributed by atoms with Crippen molar-refractivity contribution in [2.75, 3.05) is 0 Å². The molecule has 0 radical (unpaired) electrons. The van der Waals surface area contributed by atoms with Crippen molar-refractivity contribution in [1.82, 2.24) is 25.3 Å². The number of nitrogens with two attached hydrogens (primary N) is 1. The van der Waals surface area contributed by atoms with Gasteiger partial charge in [0.25, 0.3) is 0 Å². The van der Waals surface area contributed by atoms with Gasteiger partial charge < -0.3 is 11.1 Å². The number of rotatable bonds is 4. The molecule has 2 atom stereocenters. The van der Waals surface area contributed by atoms with E-state index < -0.39 is 6.04 Å². The van der Waals surface area contributed by atoms with Crippen LogP contribution >= 0.6 is 0 Å². The van der Waals surface area contributed by atoms with Crippen LogP contribution in [0.15, 0.2) is 24.8 Å². The summed E-state index contributed by atoms with van der Waals surface area (Å²) in [6.45, 7) is 1.87. The SMILES string of the molecule is CC(NC(=O)C(N)c1cnn(C)c1)c1cn[nH]c1. The first-order valence-corrected chi connectivity index (χ1v) is 5.61. The minimum absolute atomic E-state index is 0.140. The maximum Gasteiger partial charge on any atom is 0.242 e. The highest BCUT2D eigenvalue weighted by Crippen LogP contribution is 2.13. The Labute approximate surface area is 104 Å².